The number of aromatic nitrogens is 1. The molecule has 0 saturated heterocycles. The van der Waals surface area contributed by atoms with Crippen LogP contribution in [0.4, 0.5) is 24.7 Å². The van der Waals surface area contributed by atoms with Crippen LogP contribution in [-0.4, -0.2) is 42.1 Å². The number of ether oxygens (including phenoxy) is 2. The molecule has 34 heavy (non-hydrogen) atoms. The quantitative estimate of drug-likeness (QED) is 0.686. The van der Waals surface area contributed by atoms with E-state index in [2.05, 4.69) is 15.7 Å². The molecule has 2 aliphatic heterocycles. The number of benzene rings is 1. The lowest BCUT2D eigenvalue weighted by molar-refractivity contribution is -0.139. The van der Waals surface area contributed by atoms with Gasteiger partial charge in [0.05, 0.1) is 25.5 Å². The number of fused-ring (bicyclic) bond motifs is 1. The van der Waals surface area contributed by atoms with Gasteiger partial charge in [-0.05, 0) is 31.2 Å². The molecule has 2 aromatic rings. The SMILES string of the molecule is COc1cccc(NC(=O)C2=CNN3C2=CN(c2ccc(C(F)(F)F)c(OC)n2)C(=O)[C@@H]3C)c1. The maximum atomic E-state index is 13.2. The number of anilines is 2. The molecular weight excluding hydrogens is 455 g/mol. The van der Waals surface area contributed by atoms with Crippen molar-refractivity contribution in [2.75, 3.05) is 24.4 Å². The van der Waals surface area contributed by atoms with E-state index in [1.54, 1.807) is 31.2 Å². The fourth-order valence-electron chi connectivity index (χ4n) is 3.55. The number of amides is 2. The second-order valence-corrected chi connectivity index (χ2v) is 7.37. The molecule has 0 unspecified atom stereocenters. The predicted molar refractivity (Wildman–Crippen MR) is 116 cm³/mol. The average molecular weight is 475 g/mol. The minimum absolute atomic E-state index is 0.0756. The molecule has 2 aliphatic rings. The zero-order chi connectivity index (χ0) is 24.6. The number of nitrogens with zero attached hydrogens (tertiary/aromatic N) is 3. The molecule has 0 fully saturated rings. The van der Waals surface area contributed by atoms with E-state index in [0.29, 0.717) is 17.1 Å². The van der Waals surface area contributed by atoms with E-state index in [-0.39, 0.29) is 11.4 Å². The normalized spacial score (nSPS) is 17.5. The van der Waals surface area contributed by atoms with E-state index in [1.807, 2.05) is 0 Å². The topological polar surface area (TPSA) is 96.0 Å². The van der Waals surface area contributed by atoms with Crippen LogP contribution in [0, 0.1) is 0 Å². The molecule has 2 N–H and O–H groups in total. The van der Waals surface area contributed by atoms with Crippen molar-refractivity contribution in [3.05, 3.63) is 65.6 Å². The van der Waals surface area contributed by atoms with Crippen molar-refractivity contribution < 1.29 is 32.2 Å². The Labute approximate surface area is 192 Å². The third kappa shape index (κ3) is 4.09. The van der Waals surface area contributed by atoms with Gasteiger partial charge in [-0.15, -0.1) is 0 Å². The lowest BCUT2D eigenvalue weighted by Crippen LogP contribution is -2.52. The first-order valence-corrected chi connectivity index (χ1v) is 10.0. The summed E-state index contributed by atoms with van der Waals surface area (Å²) in [6.07, 6.45) is -1.89. The van der Waals surface area contributed by atoms with Gasteiger partial charge in [0, 0.05) is 24.2 Å². The average Bonchev–Trinajstić information content (AvgIpc) is 3.24. The number of methoxy groups -OCH3 is 2. The summed E-state index contributed by atoms with van der Waals surface area (Å²) in [7, 11) is 2.57. The number of halogens is 3. The molecule has 4 rings (SSSR count). The highest BCUT2D eigenvalue weighted by molar-refractivity contribution is 6.09. The monoisotopic (exact) mass is 475 g/mol. The summed E-state index contributed by atoms with van der Waals surface area (Å²) in [6, 6.07) is 7.86. The fraction of sp³-hybridized carbons (Fsp3) is 0.227. The number of rotatable bonds is 5. The number of alkyl halides is 3. The maximum absolute atomic E-state index is 13.2. The standard InChI is InChI=1S/C22H20F3N5O4/c1-12-21(32)29(18-8-7-16(22(23,24)25)20(28-18)34-3)11-17-15(10-26-30(12)17)19(31)27-13-5-4-6-14(9-13)33-2/h4-12,26H,1-3H3,(H,27,31)/t12-/m0/s1. The molecule has 9 nitrogen and oxygen atoms in total. The second kappa shape index (κ2) is 8.61. The summed E-state index contributed by atoms with van der Waals surface area (Å²) in [5.41, 5.74) is 2.86. The molecule has 0 bridgehead atoms. The molecule has 178 valence electrons. The van der Waals surface area contributed by atoms with E-state index >= 15 is 0 Å². The van der Waals surface area contributed by atoms with Crippen LogP contribution in [-0.2, 0) is 15.8 Å². The van der Waals surface area contributed by atoms with Gasteiger partial charge in [0.15, 0.2) is 0 Å². The summed E-state index contributed by atoms with van der Waals surface area (Å²) in [5, 5.41) is 4.24. The first-order chi connectivity index (χ1) is 16.1. The number of hydrogen-bond donors (Lipinski definition) is 2. The Morgan fingerprint density at radius 2 is 1.94 bits per heavy atom. The van der Waals surface area contributed by atoms with Gasteiger partial charge in [-0.3, -0.25) is 19.5 Å². The Kier molecular flexibility index (Phi) is 5.82. The van der Waals surface area contributed by atoms with Gasteiger partial charge in [0.25, 0.3) is 11.8 Å². The molecule has 2 amide bonds. The van der Waals surface area contributed by atoms with Crippen LogP contribution < -0.4 is 25.1 Å². The second-order valence-electron chi connectivity index (χ2n) is 7.37. The van der Waals surface area contributed by atoms with Gasteiger partial charge >= 0.3 is 6.18 Å². The van der Waals surface area contributed by atoms with Crippen LogP contribution in [0.15, 0.2) is 60.1 Å². The minimum Gasteiger partial charge on any atom is -0.497 e. The first kappa shape index (κ1) is 23.0. The highest BCUT2D eigenvalue weighted by atomic mass is 19.4. The summed E-state index contributed by atoms with van der Waals surface area (Å²) in [4.78, 5) is 30.9. The summed E-state index contributed by atoms with van der Waals surface area (Å²) in [6.45, 7) is 1.59. The summed E-state index contributed by atoms with van der Waals surface area (Å²) >= 11 is 0. The van der Waals surface area contributed by atoms with Crippen LogP contribution in [0.25, 0.3) is 0 Å². The fourth-order valence-corrected chi connectivity index (χ4v) is 3.55. The number of nitrogens with one attached hydrogen (secondary N) is 2. The Balaban J connectivity index is 1.66. The van der Waals surface area contributed by atoms with Crippen LogP contribution >= 0.6 is 0 Å². The number of carbonyl (C=O) groups is 2. The van der Waals surface area contributed by atoms with Crippen molar-refractivity contribution in [1.29, 1.82) is 0 Å². The van der Waals surface area contributed by atoms with Crippen LogP contribution in [0.5, 0.6) is 11.6 Å². The van der Waals surface area contributed by atoms with Gasteiger partial charge in [-0.1, -0.05) is 6.07 Å². The summed E-state index contributed by atoms with van der Waals surface area (Å²) < 4.78 is 49.6. The van der Waals surface area contributed by atoms with Gasteiger partial charge in [-0.2, -0.15) is 18.2 Å². The van der Waals surface area contributed by atoms with Crippen molar-refractivity contribution in [3.8, 4) is 11.6 Å². The Bertz CT molecular complexity index is 1210. The Morgan fingerprint density at radius 1 is 1.18 bits per heavy atom. The molecule has 0 radical (unpaired) electrons. The van der Waals surface area contributed by atoms with Crippen LogP contribution in [0.2, 0.25) is 0 Å². The van der Waals surface area contributed by atoms with E-state index < -0.39 is 35.5 Å². The van der Waals surface area contributed by atoms with Crippen LogP contribution in [0.1, 0.15) is 12.5 Å². The predicted octanol–water partition coefficient (Wildman–Crippen LogP) is 3.04. The number of hydrazine groups is 1. The number of carbonyl (C=O) groups excluding carboxylic acids is 2. The molecular formula is C22H20F3N5O4. The highest BCUT2D eigenvalue weighted by Gasteiger charge is 2.40. The smallest absolute Gasteiger partial charge is 0.421 e. The van der Waals surface area contributed by atoms with Gasteiger partial charge < -0.3 is 20.2 Å². The highest BCUT2D eigenvalue weighted by Crippen LogP contribution is 2.37. The van der Waals surface area contributed by atoms with Crippen molar-refractivity contribution in [3.63, 3.8) is 0 Å². The minimum atomic E-state index is -4.67. The molecule has 0 spiro atoms. The molecule has 1 aromatic heterocycles. The molecule has 0 saturated carbocycles. The number of pyridine rings is 1. The lowest BCUT2D eigenvalue weighted by atomic mass is 10.1. The Hall–Kier alpha value is -4.22. The number of hydrogen-bond acceptors (Lipinski definition) is 7. The van der Waals surface area contributed by atoms with Crippen molar-refractivity contribution >= 4 is 23.3 Å². The largest absolute Gasteiger partial charge is 0.497 e. The third-order valence-electron chi connectivity index (χ3n) is 5.28. The van der Waals surface area contributed by atoms with Gasteiger partial charge in [0.1, 0.15) is 23.2 Å². The van der Waals surface area contributed by atoms with Crippen LogP contribution in [0.3, 0.4) is 0 Å². The van der Waals surface area contributed by atoms with Crippen molar-refractivity contribution in [2.45, 2.75) is 19.1 Å². The van der Waals surface area contributed by atoms with Crippen molar-refractivity contribution in [2.24, 2.45) is 0 Å². The lowest BCUT2D eigenvalue weighted by Gasteiger charge is -2.35. The molecule has 1 atom stereocenters. The zero-order valence-electron chi connectivity index (χ0n) is 18.3. The maximum Gasteiger partial charge on any atom is 0.421 e. The molecule has 1 aromatic carbocycles. The Morgan fingerprint density at radius 3 is 2.62 bits per heavy atom. The molecule has 3 heterocycles. The zero-order valence-corrected chi connectivity index (χ0v) is 18.3. The summed E-state index contributed by atoms with van der Waals surface area (Å²) in [5.74, 6) is -1.11. The van der Waals surface area contributed by atoms with E-state index in [9.17, 15) is 22.8 Å². The van der Waals surface area contributed by atoms with Gasteiger partial charge in [-0.25, -0.2) is 0 Å². The molecule has 0 aliphatic carbocycles. The van der Waals surface area contributed by atoms with E-state index in [0.717, 1.165) is 24.1 Å². The van der Waals surface area contributed by atoms with Crippen molar-refractivity contribution in [1.82, 2.24) is 15.4 Å². The third-order valence-corrected chi connectivity index (χ3v) is 5.28. The van der Waals surface area contributed by atoms with E-state index in [1.165, 1.54) is 24.5 Å². The molecule has 12 heteroatoms. The van der Waals surface area contributed by atoms with Gasteiger partial charge in [0.2, 0.25) is 5.88 Å². The van der Waals surface area contributed by atoms with E-state index in [4.69, 9.17) is 9.47 Å². The first-order valence-electron chi connectivity index (χ1n) is 10.0.